The molecule has 0 fully saturated rings. The molecule has 22 heavy (non-hydrogen) atoms. The van der Waals surface area contributed by atoms with E-state index in [1.807, 2.05) is 34.6 Å². The first-order valence-corrected chi connectivity index (χ1v) is 7.51. The maximum Gasteiger partial charge on any atom is 0.183 e. The van der Waals surface area contributed by atoms with Gasteiger partial charge in [-0.3, -0.25) is 9.67 Å². The highest BCUT2D eigenvalue weighted by Gasteiger charge is 2.19. The first-order valence-electron chi connectivity index (χ1n) is 7.51. The first kappa shape index (κ1) is 14.4. The predicted octanol–water partition coefficient (Wildman–Crippen LogP) is 3.11. The third-order valence-electron chi connectivity index (χ3n) is 3.55. The molecule has 3 aromatic rings. The fourth-order valence-corrected chi connectivity index (χ4v) is 2.38. The first-order chi connectivity index (χ1) is 10.6. The molecule has 0 bridgehead atoms. The van der Waals surface area contributed by atoms with Crippen LogP contribution < -0.4 is 0 Å². The van der Waals surface area contributed by atoms with Crippen LogP contribution in [0.15, 0.2) is 30.7 Å². The van der Waals surface area contributed by atoms with E-state index in [-0.39, 0.29) is 6.04 Å². The SMILES string of the molecule is CCn1cc(-c2nc(-c3cccnc3)nn2C(C)C)c(C)n1. The monoisotopic (exact) mass is 296 g/mol. The largest absolute Gasteiger partial charge is 0.272 e. The highest BCUT2D eigenvalue weighted by atomic mass is 15.4. The van der Waals surface area contributed by atoms with Gasteiger partial charge >= 0.3 is 0 Å². The molecule has 3 heterocycles. The van der Waals surface area contributed by atoms with E-state index in [1.54, 1.807) is 12.4 Å². The quantitative estimate of drug-likeness (QED) is 0.742. The van der Waals surface area contributed by atoms with Crippen molar-refractivity contribution in [2.45, 2.75) is 40.3 Å². The summed E-state index contributed by atoms with van der Waals surface area (Å²) >= 11 is 0. The van der Waals surface area contributed by atoms with E-state index in [0.29, 0.717) is 5.82 Å². The molecule has 0 amide bonds. The van der Waals surface area contributed by atoms with Gasteiger partial charge in [-0.1, -0.05) is 0 Å². The maximum absolute atomic E-state index is 4.74. The third-order valence-corrected chi connectivity index (χ3v) is 3.55. The van der Waals surface area contributed by atoms with Crippen molar-refractivity contribution in [1.82, 2.24) is 29.5 Å². The zero-order valence-corrected chi connectivity index (χ0v) is 13.4. The average molecular weight is 296 g/mol. The lowest BCUT2D eigenvalue weighted by molar-refractivity contribution is 0.538. The van der Waals surface area contributed by atoms with Gasteiger partial charge in [0.2, 0.25) is 0 Å². The Balaban J connectivity index is 2.14. The van der Waals surface area contributed by atoms with Gasteiger partial charge in [-0.15, -0.1) is 0 Å². The summed E-state index contributed by atoms with van der Waals surface area (Å²) in [6.45, 7) is 9.12. The molecule has 114 valence electrons. The van der Waals surface area contributed by atoms with Crippen LogP contribution in [0.25, 0.3) is 22.8 Å². The summed E-state index contributed by atoms with van der Waals surface area (Å²) in [6.07, 6.45) is 5.57. The number of pyridine rings is 1. The Kier molecular flexibility index (Phi) is 3.75. The minimum absolute atomic E-state index is 0.220. The second-order valence-corrected chi connectivity index (χ2v) is 5.52. The molecule has 6 nitrogen and oxygen atoms in total. The van der Waals surface area contributed by atoms with Crippen LogP contribution in [-0.4, -0.2) is 29.5 Å². The van der Waals surface area contributed by atoms with Gasteiger partial charge in [0.25, 0.3) is 0 Å². The standard InChI is InChI=1S/C16H20N6/c1-5-21-10-14(12(4)19-21)16-18-15(20-22(16)11(2)3)13-7-6-8-17-9-13/h6-11H,5H2,1-4H3. The van der Waals surface area contributed by atoms with Gasteiger partial charge in [0.05, 0.1) is 11.3 Å². The van der Waals surface area contributed by atoms with Gasteiger partial charge in [-0.05, 0) is 39.8 Å². The minimum atomic E-state index is 0.220. The molecule has 0 atom stereocenters. The minimum Gasteiger partial charge on any atom is -0.272 e. The van der Waals surface area contributed by atoms with Crippen LogP contribution in [0.3, 0.4) is 0 Å². The van der Waals surface area contributed by atoms with Crippen molar-refractivity contribution in [1.29, 1.82) is 0 Å². The molecule has 0 aliphatic heterocycles. The Labute approximate surface area is 129 Å². The number of rotatable bonds is 4. The van der Waals surface area contributed by atoms with Crippen LogP contribution in [0.5, 0.6) is 0 Å². The van der Waals surface area contributed by atoms with Gasteiger partial charge < -0.3 is 0 Å². The molecule has 0 saturated heterocycles. The molecule has 0 aliphatic carbocycles. The smallest absolute Gasteiger partial charge is 0.183 e. The summed E-state index contributed by atoms with van der Waals surface area (Å²) in [4.78, 5) is 8.89. The molecular weight excluding hydrogens is 276 g/mol. The number of aryl methyl sites for hydroxylation is 2. The second-order valence-electron chi connectivity index (χ2n) is 5.52. The van der Waals surface area contributed by atoms with Crippen LogP contribution in [0.2, 0.25) is 0 Å². The summed E-state index contributed by atoms with van der Waals surface area (Å²) in [5.41, 5.74) is 2.91. The Morgan fingerprint density at radius 2 is 2.05 bits per heavy atom. The highest BCUT2D eigenvalue weighted by Crippen LogP contribution is 2.26. The van der Waals surface area contributed by atoms with Crippen LogP contribution in [0.4, 0.5) is 0 Å². The van der Waals surface area contributed by atoms with Gasteiger partial charge in [0.1, 0.15) is 0 Å². The second kappa shape index (κ2) is 5.71. The van der Waals surface area contributed by atoms with E-state index in [0.717, 1.165) is 29.2 Å². The maximum atomic E-state index is 4.74. The molecule has 0 aromatic carbocycles. The zero-order valence-electron chi connectivity index (χ0n) is 13.4. The molecule has 3 rings (SSSR count). The summed E-state index contributed by atoms with van der Waals surface area (Å²) in [6, 6.07) is 4.09. The lowest BCUT2D eigenvalue weighted by atomic mass is 10.2. The van der Waals surface area contributed by atoms with E-state index in [9.17, 15) is 0 Å². The van der Waals surface area contributed by atoms with Crippen molar-refractivity contribution in [2.75, 3.05) is 0 Å². The Morgan fingerprint density at radius 1 is 1.23 bits per heavy atom. The molecule has 6 heteroatoms. The number of aromatic nitrogens is 6. The van der Waals surface area contributed by atoms with Gasteiger partial charge in [-0.2, -0.15) is 10.2 Å². The molecule has 0 unspecified atom stereocenters. The average Bonchev–Trinajstić information content (AvgIpc) is 3.11. The molecular formula is C16H20N6. The summed E-state index contributed by atoms with van der Waals surface area (Å²) in [5.74, 6) is 1.55. The predicted molar refractivity (Wildman–Crippen MR) is 85.3 cm³/mol. The normalized spacial score (nSPS) is 11.3. The Bertz CT molecular complexity index is 769. The van der Waals surface area contributed by atoms with Crippen molar-refractivity contribution in [3.8, 4) is 22.8 Å². The fourth-order valence-electron chi connectivity index (χ4n) is 2.38. The lowest BCUT2D eigenvalue weighted by Crippen LogP contribution is -2.05. The van der Waals surface area contributed by atoms with Crippen molar-refractivity contribution in [3.05, 3.63) is 36.4 Å². The molecule has 0 radical (unpaired) electrons. The van der Waals surface area contributed by atoms with Crippen LogP contribution >= 0.6 is 0 Å². The summed E-state index contributed by atoms with van der Waals surface area (Å²) in [7, 11) is 0. The van der Waals surface area contributed by atoms with Crippen molar-refractivity contribution in [2.24, 2.45) is 0 Å². The lowest BCUT2D eigenvalue weighted by Gasteiger charge is -2.08. The topological polar surface area (TPSA) is 61.4 Å². The van der Waals surface area contributed by atoms with Crippen LogP contribution in [0, 0.1) is 6.92 Å². The van der Waals surface area contributed by atoms with Gasteiger partial charge in [-0.25, -0.2) is 9.67 Å². The molecule has 0 N–H and O–H groups in total. The van der Waals surface area contributed by atoms with Crippen molar-refractivity contribution >= 4 is 0 Å². The summed E-state index contributed by atoms with van der Waals surface area (Å²) < 4.78 is 3.88. The molecule has 3 aromatic heterocycles. The highest BCUT2D eigenvalue weighted by molar-refractivity contribution is 5.62. The zero-order chi connectivity index (χ0) is 15.7. The van der Waals surface area contributed by atoms with E-state index < -0.39 is 0 Å². The number of hydrogen-bond donors (Lipinski definition) is 0. The molecule has 0 spiro atoms. The van der Waals surface area contributed by atoms with Crippen molar-refractivity contribution < 1.29 is 0 Å². The molecule has 0 aliphatic rings. The van der Waals surface area contributed by atoms with Crippen LogP contribution in [0.1, 0.15) is 32.5 Å². The van der Waals surface area contributed by atoms with Crippen LogP contribution in [-0.2, 0) is 6.54 Å². The Hall–Kier alpha value is -2.50. The van der Waals surface area contributed by atoms with E-state index in [1.165, 1.54) is 0 Å². The Morgan fingerprint density at radius 3 is 2.64 bits per heavy atom. The fraction of sp³-hybridized carbons (Fsp3) is 0.375. The van der Waals surface area contributed by atoms with Gasteiger partial charge in [0.15, 0.2) is 11.6 Å². The van der Waals surface area contributed by atoms with Crippen molar-refractivity contribution in [3.63, 3.8) is 0 Å². The number of nitrogens with zero attached hydrogens (tertiary/aromatic N) is 6. The van der Waals surface area contributed by atoms with E-state index in [4.69, 9.17) is 4.98 Å². The van der Waals surface area contributed by atoms with E-state index >= 15 is 0 Å². The molecule has 0 saturated carbocycles. The summed E-state index contributed by atoms with van der Waals surface area (Å²) in [5, 5.41) is 9.17. The van der Waals surface area contributed by atoms with Gasteiger partial charge in [0, 0.05) is 36.7 Å². The number of hydrogen-bond acceptors (Lipinski definition) is 4. The van der Waals surface area contributed by atoms with E-state index in [2.05, 4.69) is 36.0 Å². The third kappa shape index (κ3) is 2.52.